The second kappa shape index (κ2) is 7.01. The second-order valence-electron chi connectivity index (χ2n) is 6.54. The maximum Gasteiger partial charge on any atom is 0.286 e. The maximum absolute atomic E-state index is 12.8. The normalized spacial score (nSPS) is 16.5. The molecule has 3 N–H and O–H groups in total. The Bertz CT molecular complexity index is 1090. The molecule has 1 atom stereocenters. The summed E-state index contributed by atoms with van der Waals surface area (Å²) in [5, 5.41) is 3.86. The number of furan rings is 1. The summed E-state index contributed by atoms with van der Waals surface area (Å²) in [6.07, 6.45) is 0.0656. The molecule has 0 radical (unpaired) electrons. The number of para-hydroxylation sites is 1. The van der Waals surface area contributed by atoms with Gasteiger partial charge in [0.05, 0.1) is 5.92 Å². The third kappa shape index (κ3) is 3.20. The first kappa shape index (κ1) is 18.1. The van der Waals surface area contributed by atoms with Gasteiger partial charge in [-0.3, -0.25) is 14.4 Å². The summed E-state index contributed by atoms with van der Waals surface area (Å²) >= 11 is 5.89. The van der Waals surface area contributed by atoms with Crippen LogP contribution in [-0.4, -0.2) is 24.3 Å². The number of nitrogens with two attached hydrogens (primary N) is 1. The second-order valence-corrected chi connectivity index (χ2v) is 6.97. The highest BCUT2D eigenvalue weighted by Crippen LogP contribution is 2.32. The summed E-state index contributed by atoms with van der Waals surface area (Å²) in [5.41, 5.74) is 6.73. The van der Waals surface area contributed by atoms with E-state index in [9.17, 15) is 14.4 Å². The van der Waals surface area contributed by atoms with E-state index < -0.39 is 11.8 Å². The Labute approximate surface area is 165 Å². The minimum Gasteiger partial charge on any atom is -0.449 e. The van der Waals surface area contributed by atoms with Crippen molar-refractivity contribution in [3.8, 4) is 0 Å². The largest absolute Gasteiger partial charge is 0.449 e. The lowest BCUT2D eigenvalue weighted by Gasteiger charge is -2.16. The number of anilines is 2. The van der Waals surface area contributed by atoms with Crippen LogP contribution in [0.3, 0.4) is 0 Å². The standard InChI is InChI=1S/C20H16ClN3O4/c21-12-5-7-13(8-6-12)24-10-11(9-16(24)25)20(27)23-17-14-3-1-2-4-15(14)28-18(17)19(22)26/h1-8,11H,9-10H2,(H2,22,26)(H,23,27)/t11-/m0/s1. The lowest BCUT2D eigenvalue weighted by Crippen LogP contribution is -2.28. The van der Waals surface area contributed by atoms with Crippen LogP contribution in [0.1, 0.15) is 17.0 Å². The average molecular weight is 398 g/mol. The predicted molar refractivity (Wildman–Crippen MR) is 105 cm³/mol. The van der Waals surface area contributed by atoms with Crippen molar-refractivity contribution >= 4 is 51.7 Å². The predicted octanol–water partition coefficient (Wildman–Crippen LogP) is 3.18. The van der Waals surface area contributed by atoms with Crippen molar-refractivity contribution in [2.75, 3.05) is 16.8 Å². The number of nitrogens with zero attached hydrogens (tertiary/aromatic N) is 1. The van der Waals surface area contributed by atoms with E-state index in [-0.39, 0.29) is 36.2 Å². The van der Waals surface area contributed by atoms with Crippen LogP contribution in [0.25, 0.3) is 11.0 Å². The van der Waals surface area contributed by atoms with Gasteiger partial charge >= 0.3 is 0 Å². The number of hydrogen-bond donors (Lipinski definition) is 2. The molecular weight excluding hydrogens is 382 g/mol. The molecule has 1 aliphatic heterocycles. The Morgan fingerprint density at radius 1 is 1.14 bits per heavy atom. The van der Waals surface area contributed by atoms with E-state index >= 15 is 0 Å². The monoisotopic (exact) mass is 397 g/mol. The number of primary amides is 1. The molecule has 1 fully saturated rings. The van der Waals surface area contributed by atoms with Crippen LogP contribution in [0, 0.1) is 5.92 Å². The number of halogens is 1. The van der Waals surface area contributed by atoms with Crippen molar-refractivity contribution in [1.82, 2.24) is 0 Å². The zero-order chi connectivity index (χ0) is 19.8. The summed E-state index contributed by atoms with van der Waals surface area (Å²) in [6, 6.07) is 13.8. The number of benzene rings is 2. The Morgan fingerprint density at radius 2 is 1.86 bits per heavy atom. The van der Waals surface area contributed by atoms with Crippen molar-refractivity contribution in [2.45, 2.75) is 6.42 Å². The Morgan fingerprint density at radius 3 is 2.57 bits per heavy atom. The van der Waals surface area contributed by atoms with E-state index in [1.54, 1.807) is 53.4 Å². The van der Waals surface area contributed by atoms with Crippen LogP contribution < -0.4 is 16.0 Å². The smallest absolute Gasteiger partial charge is 0.286 e. The Hall–Kier alpha value is -3.32. The summed E-state index contributed by atoms with van der Waals surface area (Å²) in [4.78, 5) is 38.4. The first-order valence-corrected chi connectivity index (χ1v) is 9.00. The van der Waals surface area contributed by atoms with Crippen LogP contribution in [0.15, 0.2) is 52.9 Å². The zero-order valence-corrected chi connectivity index (χ0v) is 15.4. The quantitative estimate of drug-likeness (QED) is 0.705. The molecule has 1 aliphatic rings. The maximum atomic E-state index is 12.8. The molecule has 0 aliphatic carbocycles. The molecule has 28 heavy (non-hydrogen) atoms. The number of carbonyl (C=O) groups is 3. The van der Waals surface area contributed by atoms with Crippen LogP contribution in [0.2, 0.25) is 5.02 Å². The van der Waals surface area contributed by atoms with Gasteiger partial charge in [-0.05, 0) is 36.4 Å². The van der Waals surface area contributed by atoms with Gasteiger partial charge in [0.2, 0.25) is 17.6 Å². The lowest BCUT2D eigenvalue weighted by atomic mass is 10.1. The molecule has 1 aromatic heterocycles. The van der Waals surface area contributed by atoms with Gasteiger partial charge in [-0.25, -0.2) is 0 Å². The number of fused-ring (bicyclic) bond motifs is 1. The molecule has 0 bridgehead atoms. The van der Waals surface area contributed by atoms with Crippen molar-refractivity contribution < 1.29 is 18.8 Å². The van der Waals surface area contributed by atoms with Crippen LogP contribution in [0.4, 0.5) is 11.4 Å². The molecule has 0 spiro atoms. The van der Waals surface area contributed by atoms with Gasteiger partial charge in [0.15, 0.2) is 0 Å². The third-order valence-corrected chi connectivity index (χ3v) is 4.95. The van der Waals surface area contributed by atoms with Gasteiger partial charge in [-0.2, -0.15) is 0 Å². The Balaban J connectivity index is 1.57. The van der Waals surface area contributed by atoms with Gasteiger partial charge in [-0.15, -0.1) is 0 Å². The molecule has 4 rings (SSSR count). The van der Waals surface area contributed by atoms with Crippen molar-refractivity contribution in [1.29, 1.82) is 0 Å². The summed E-state index contributed by atoms with van der Waals surface area (Å²) in [5.74, 6) is -2.00. The van der Waals surface area contributed by atoms with E-state index in [1.165, 1.54) is 0 Å². The van der Waals surface area contributed by atoms with E-state index in [2.05, 4.69) is 5.32 Å². The van der Waals surface area contributed by atoms with Gasteiger partial charge in [0.25, 0.3) is 5.91 Å². The summed E-state index contributed by atoms with van der Waals surface area (Å²) in [6.45, 7) is 0.230. The van der Waals surface area contributed by atoms with Crippen molar-refractivity contribution in [2.24, 2.45) is 11.7 Å². The van der Waals surface area contributed by atoms with Crippen LogP contribution in [0.5, 0.6) is 0 Å². The van der Waals surface area contributed by atoms with Gasteiger partial charge in [0, 0.05) is 29.1 Å². The van der Waals surface area contributed by atoms with Crippen LogP contribution in [-0.2, 0) is 9.59 Å². The molecule has 8 heteroatoms. The molecule has 1 saturated heterocycles. The highest BCUT2D eigenvalue weighted by Gasteiger charge is 2.36. The minimum absolute atomic E-state index is 0.0656. The molecule has 3 amide bonds. The molecule has 0 saturated carbocycles. The first-order valence-electron chi connectivity index (χ1n) is 8.62. The molecule has 2 aromatic carbocycles. The zero-order valence-electron chi connectivity index (χ0n) is 14.6. The molecule has 2 heterocycles. The summed E-state index contributed by atoms with van der Waals surface area (Å²) in [7, 11) is 0. The van der Waals surface area contributed by atoms with Crippen LogP contribution >= 0.6 is 11.6 Å². The van der Waals surface area contributed by atoms with E-state index in [0.29, 0.717) is 21.7 Å². The van der Waals surface area contributed by atoms with Crippen molar-refractivity contribution in [3.05, 3.63) is 59.3 Å². The van der Waals surface area contributed by atoms with Gasteiger partial charge in [0.1, 0.15) is 11.3 Å². The number of rotatable bonds is 4. The lowest BCUT2D eigenvalue weighted by molar-refractivity contribution is -0.122. The Kier molecular flexibility index (Phi) is 4.52. The number of carbonyl (C=O) groups excluding carboxylic acids is 3. The van der Waals surface area contributed by atoms with E-state index in [4.69, 9.17) is 21.8 Å². The van der Waals surface area contributed by atoms with E-state index in [0.717, 1.165) is 0 Å². The van der Waals surface area contributed by atoms with Crippen molar-refractivity contribution in [3.63, 3.8) is 0 Å². The topological polar surface area (TPSA) is 106 Å². The highest BCUT2D eigenvalue weighted by molar-refractivity contribution is 6.30. The molecule has 0 unspecified atom stereocenters. The molecular formula is C20H16ClN3O4. The first-order chi connectivity index (χ1) is 13.4. The number of amides is 3. The highest BCUT2D eigenvalue weighted by atomic mass is 35.5. The number of hydrogen-bond acceptors (Lipinski definition) is 4. The number of nitrogens with one attached hydrogen (secondary N) is 1. The van der Waals surface area contributed by atoms with Gasteiger partial charge in [-0.1, -0.05) is 23.7 Å². The van der Waals surface area contributed by atoms with E-state index in [1.807, 2.05) is 0 Å². The third-order valence-electron chi connectivity index (χ3n) is 4.70. The molecule has 3 aromatic rings. The fraction of sp³-hybridized carbons (Fsp3) is 0.150. The minimum atomic E-state index is -0.781. The fourth-order valence-corrected chi connectivity index (χ4v) is 3.45. The fourth-order valence-electron chi connectivity index (χ4n) is 3.32. The van der Waals surface area contributed by atoms with Gasteiger partial charge < -0.3 is 20.4 Å². The molecule has 7 nitrogen and oxygen atoms in total. The average Bonchev–Trinajstić information content (AvgIpc) is 3.24. The summed E-state index contributed by atoms with van der Waals surface area (Å²) < 4.78 is 5.47. The molecule has 142 valence electrons. The SMILES string of the molecule is NC(=O)c1oc2ccccc2c1NC(=O)[C@H]1CC(=O)N(c2ccc(Cl)cc2)C1.